The first kappa shape index (κ1) is 18.7. The van der Waals surface area contributed by atoms with Crippen molar-refractivity contribution in [3.8, 4) is 0 Å². The normalized spacial score (nSPS) is 10.2. The van der Waals surface area contributed by atoms with Crippen molar-refractivity contribution in [2.75, 3.05) is 6.54 Å². The number of amides is 4. The van der Waals surface area contributed by atoms with E-state index in [9.17, 15) is 9.59 Å². The summed E-state index contributed by atoms with van der Waals surface area (Å²) in [5.41, 5.74) is 4.82. The Labute approximate surface area is 123 Å². The molecule has 0 aliphatic heterocycles. The van der Waals surface area contributed by atoms with Gasteiger partial charge in [0.05, 0.1) is 0 Å². The number of nitrogens with one attached hydrogen (secondary N) is 2. The lowest BCUT2D eigenvalue weighted by Crippen LogP contribution is -2.42. The number of carbonyl (C=O) groups excluding carboxylic acids is 2. The Balaban J connectivity index is 3.09. The van der Waals surface area contributed by atoms with E-state index in [0.717, 1.165) is 12.8 Å². The van der Waals surface area contributed by atoms with Crippen molar-refractivity contribution in [1.82, 2.24) is 10.6 Å². The van der Waals surface area contributed by atoms with Crippen molar-refractivity contribution in [3.63, 3.8) is 0 Å². The van der Waals surface area contributed by atoms with Crippen LogP contribution in [0.1, 0.15) is 77.6 Å². The fourth-order valence-corrected chi connectivity index (χ4v) is 2.15. The summed E-state index contributed by atoms with van der Waals surface area (Å²) < 4.78 is 0. The maximum absolute atomic E-state index is 11.0. The van der Waals surface area contributed by atoms with Crippen LogP contribution < -0.4 is 16.4 Å². The van der Waals surface area contributed by atoms with Gasteiger partial charge in [0, 0.05) is 6.54 Å². The molecule has 0 aliphatic carbocycles. The molecule has 0 heterocycles. The van der Waals surface area contributed by atoms with Gasteiger partial charge in [-0.25, -0.2) is 9.59 Å². The van der Waals surface area contributed by atoms with Crippen molar-refractivity contribution in [2.45, 2.75) is 77.6 Å². The Morgan fingerprint density at radius 2 is 1.25 bits per heavy atom. The van der Waals surface area contributed by atoms with Crippen molar-refractivity contribution in [2.24, 2.45) is 5.73 Å². The van der Waals surface area contributed by atoms with Gasteiger partial charge in [-0.15, -0.1) is 0 Å². The molecule has 0 saturated carbocycles. The van der Waals surface area contributed by atoms with E-state index >= 15 is 0 Å². The standard InChI is InChI=1S/C15H31N3O2/c1-2-3-4-5-6-7-8-9-10-11-12-13-17-15(20)18-14(16)19/h2-13H2,1H3,(H4,16,17,18,19,20). The minimum Gasteiger partial charge on any atom is -0.351 e. The average Bonchev–Trinajstić information content (AvgIpc) is 2.39. The van der Waals surface area contributed by atoms with Crippen molar-refractivity contribution in [3.05, 3.63) is 0 Å². The lowest BCUT2D eigenvalue weighted by molar-refractivity contribution is 0.231. The van der Waals surface area contributed by atoms with Crippen LogP contribution in [0, 0.1) is 0 Å². The van der Waals surface area contributed by atoms with E-state index in [1.54, 1.807) is 0 Å². The molecule has 0 aliphatic rings. The number of urea groups is 2. The zero-order valence-electron chi connectivity index (χ0n) is 12.9. The highest BCUT2D eigenvalue weighted by molar-refractivity contribution is 5.92. The summed E-state index contributed by atoms with van der Waals surface area (Å²) in [5, 5.41) is 4.57. The molecular formula is C15H31N3O2. The summed E-state index contributed by atoms with van der Waals surface area (Å²) in [4.78, 5) is 21.4. The van der Waals surface area contributed by atoms with Gasteiger partial charge in [-0.3, -0.25) is 5.32 Å². The monoisotopic (exact) mass is 285 g/mol. The van der Waals surface area contributed by atoms with Crippen LogP contribution in [0.4, 0.5) is 9.59 Å². The predicted octanol–water partition coefficient (Wildman–Crippen LogP) is 3.68. The first-order valence-electron chi connectivity index (χ1n) is 8.01. The summed E-state index contributed by atoms with van der Waals surface area (Å²) in [6.45, 7) is 2.84. The zero-order valence-corrected chi connectivity index (χ0v) is 12.9. The Hall–Kier alpha value is -1.26. The molecule has 0 fully saturated rings. The Kier molecular flexibility index (Phi) is 13.3. The van der Waals surface area contributed by atoms with Gasteiger partial charge in [0.2, 0.25) is 0 Å². The molecule has 0 aromatic rings. The second-order valence-electron chi connectivity index (χ2n) is 5.28. The molecule has 0 atom stereocenters. The third kappa shape index (κ3) is 14.8. The number of imide groups is 1. The average molecular weight is 285 g/mol. The summed E-state index contributed by atoms with van der Waals surface area (Å²) in [5.74, 6) is 0. The van der Waals surface area contributed by atoms with E-state index in [0.29, 0.717) is 6.54 Å². The highest BCUT2D eigenvalue weighted by Crippen LogP contribution is 2.10. The summed E-state index contributed by atoms with van der Waals surface area (Å²) in [7, 11) is 0. The molecule has 4 N–H and O–H groups in total. The van der Waals surface area contributed by atoms with Crippen LogP contribution in [0.2, 0.25) is 0 Å². The van der Waals surface area contributed by atoms with Crippen molar-refractivity contribution >= 4 is 12.1 Å². The van der Waals surface area contributed by atoms with Crippen LogP contribution in [0.3, 0.4) is 0 Å². The van der Waals surface area contributed by atoms with E-state index in [-0.39, 0.29) is 0 Å². The molecule has 0 saturated heterocycles. The van der Waals surface area contributed by atoms with Gasteiger partial charge in [-0.1, -0.05) is 71.1 Å². The number of nitrogens with two attached hydrogens (primary N) is 1. The van der Waals surface area contributed by atoms with E-state index in [2.05, 4.69) is 12.2 Å². The molecule has 0 bridgehead atoms. The maximum Gasteiger partial charge on any atom is 0.322 e. The number of primary amides is 1. The number of hydrogen-bond donors (Lipinski definition) is 3. The second kappa shape index (κ2) is 14.2. The van der Waals surface area contributed by atoms with Crippen molar-refractivity contribution in [1.29, 1.82) is 0 Å². The smallest absolute Gasteiger partial charge is 0.322 e. The number of hydrogen-bond acceptors (Lipinski definition) is 2. The zero-order chi connectivity index (χ0) is 15.1. The predicted molar refractivity (Wildman–Crippen MR) is 82.6 cm³/mol. The first-order chi connectivity index (χ1) is 9.66. The van der Waals surface area contributed by atoms with Gasteiger partial charge >= 0.3 is 12.1 Å². The third-order valence-corrected chi connectivity index (χ3v) is 3.30. The van der Waals surface area contributed by atoms with Crippen LogP contribution in [0.25, 0.3) is 0 Å². The lowest BCUT2D eigenvalue weighted by Gasteiger charge is -2.05. The summed E-state index contributed by atoms with van der Waals surface area (Å²) >= 11 is 0. The highest BCUT2D eigenvalue weighted by atomic mass is 16.2. The molecule has 0 spiro atoms. The first-order valence-corrected chi connectivity index (χ1v) is 8.01. The minimum absolute atomic E-state index is 0.510. The Bertz CT molecular complexity index is 258. The fraction of sp³-hybridized carbons (Fsp3) is 0.867. The Morgan fingerprint density at radius 3 is 1.70 bits per heavy atom. The molecule has 118 valence electrons. The quantitative estimate of drug-likeness (QED) is 0.478. The largest absolute Gasteiger partial charge is 0.351 e. The minimum atomic E-state index is -0.818. The molecule has 20 heavy (non-hydrogen) atoms. The van der Waals surface area contributed by atoms with Crippen LogP contribution in [-0.2, 0) is 0 Å². The van der Waals surface area contributed by atoms with E-state index in [1.807, 2.05) is 5.32 Å². The molecule has 0 aromatic heterocycles. The molecule has 0 radical (unpaired) electrons. The molecule has 4 amide bonds. The summed E-state index contributed by atoms with van der Waals surface area (Å²) in [6.07, 6.45) is 14.0. The fourth-order valence-electron chi connectivity index (χ4n) is 2.15. The van der Waals surface area contributed by atoms with Crippen LogP contribution in [0.15, 0.2) is 0 Å². The highest BCUT2D eigenvalue weighted by Gasteiger charge is 2.01. The van der Waals surface area contributed by atoms with Crippen LogP contribution in [0.5, 0.6) is 0 Å². The third-order valence-electron chi connectivity index (χ3n) is 3.30. The van der Waals surface area contributed by atoms with Gasteiger partial charge in [0.1, 0.15) is 0 Å². The molecule has 5 heteroatoms. The molecular weight excluding hydrogens is 254 g/mol. The Morgan fingerprint density at radius 1 is 0.800 bits per heavy atom. The lowest BCUT2D eigenvalue weighted by atomic mass is 10.1. The molecule has 0 rings (SSSR count). The SMILES string of the molecule is CCCCCCCCCCCCCNC(=O)NC(N)=O. The van der Waals surface area contributed by atoms with Crippen LogP contribution >= 0.6 is 0 Å². The number of unbranched alkanes of at least 4 members (excludes halogenated alkanes) is 10. The number of carbonyl (C=O) groups is 2. The van der Waals surface area contributed by atoms with Crippen molar-refractivity contribution < 1.29 is 9.59 Å². The maximum atomic E-state index is 11.0. The summed E-state index contributed by atoms with van der Waals surface area (Å²) in [6, 6.07) is -1.33. The van der Waals surface area contributed by atoms with E-state index in [4.69, 9.17) is 5.73 Å². The van der Waals surface area contributed by atoms with Crippen LogP contribution in [-0.4, -0.2) is 18.6 Å². The van der Waals surface area contributed by atoms with Gasteiger partial charge in [0.25, 0.3) is 0 Å². The van der Waals surface area contributed by atoms with Gasteiger partial charge in [-0.05, 0) is 6.42 Å². The van der Waals surface area contributed by atoms with E-state index in [1.165, 1.54) is 57.8 Å². The van der Waals surface area contributed by atoms with E-state index < -0.39 is 12.1 Å². The van der Waals surface area contributed by atoms with Gasteiger partial charge in [-0.2, -0.15) is 0 Å². The van der Waals surface area contributed by atoms with Gasteiger partial charge in [0.15, 0.2) is 0 Å². The topological polar surface area (TPSA) is 84.2 Å². The van der Waals surface area contributed by atoms with Gasteiger partial charge < -0.3 is 11.1 Å². The molecule has 5 nitrogen and oxygen atoms in total. The molecule has 0 aromatic carbocycles. The second-order valence-corrected chi connectivity index (χ2v) is 5.28. The number of rotatable bonds is 12. The molecule has 0 unspecified atom stereocenters.